The number of carbonyl (C=O) groups is 1. The molecular weight excluding hydrogens is 361 g/mol. The Morgan fingerprint density at radius 3 is 2.88 bits per heavy atom. The summed E-state index contributed by atoms with van der Waals surface area (Å²) >= 11 is 0. The highest BCUT2D eigenvalue weighted by molar-refractivity contribution is 6.06. The van der Waals surface area contributed by atoms with Crippen LogP contribution in [0.3, 0.4) is 0 Å². The number of aromatic nitrogens is 3. The number of nitrogens with one attached hydrogen (secondary N) is 1. The molecule has 3 heterocycles. The van der Waals surface area contributed by atoms with Crippen molar-refractivity contribution in [2.75, 3.05) is 31.1 Å². The number of benzene rings is 1. The summed E-state index contributed by atoms with van der Waals surface area (Å²) in [5, 5.41) is 11.7. The maximum Gasteiger partial charge on any atom is 0.280 e. The van der Waals surface area contributed by atoms with Gasteiger partial charge in [-0.3, -0.25) is 9.69 Å². The van der Waals surface area contributed by atoms with Gasteiger partial charge in [-0.2, -0.15) is 0 Å². The summed E-state index contributed by atoms with van der Waals surface area (Å²) < 4.78 is 20.7. The molecule has 1 fully saturated rings. The molecule has 1 saturated heterocycles. The molecule has 0 aliphatic carbocycles. The van der Waals surface area contributed by atoms with Gasteiger partial charge in [-0.25, -0.2) is 9.07 Å². The lowest BCUT2D eigenvalue weighted by Crippen LogP contribution is -2.38. The number of anilines is 1. The van der Waals surface area contributed by atoms with E-state index in [4.69, 9.17) is 4.74 Å². The molecule has 0 atom stereocenters. The van der Waals surface area contributed by atoms with E-state index in [2.05, 4.69) is 15.6 Å². The average molecular weight is 382 g/mol. The minimum atomic E-state index is -0.388. The molecule has 7 nitrogen and oxygen atoms in total. The van der Waals surface area contributed by atoms with Crippen LogP contribution in [0.2, 0.25) is 0 Å². The highest BCUT2D eigenvalue weighted by Crippen LogP contribution is 2.33. The third-order valence-corrected chi connectivity index (χ3v) is 4.81. The number of hydrogen-bond donors (Lipinski definition) is 1. The number of hydrogen-bond acceptors (Lipinski definition) is 5. The zero-order valence-corrected chi connectivity index (χ0v) is 15.3. The Labute approximate surface area is 156 Å². The normalized spacial score (nSPS) is 17.2. The third kappa shape index (κ3) is 3.26. The number of halogens is 2. The van der Waals surface area contributed by atoms with Gasteiger partial charge in [0.15, 0.2) is 5.69 Å². The van der Waals surface area contributed by atoms with Crippen molar-refractivity contribution in [3.63, 3.8) is 0 Å². The lowest BCUT2D eigenvalue weighted by Gasteiger charge is -2.29. The van der Waals surface area contributed by atoms with Gasteiger partial charge in [0.25, 0.3) is 5.91 Å². The van der Waals surface area contributed by atoms with Gasteiger partial charge in [0, 0.05) is 6.07 Å². The van der Waals surface area contributed by atoms with Crippen LogP contribution in [-0.4, -0.2) is 47.1 Å². The van der Waals surface area contributed by atoms with E-state index in [0.717, 1.165) is 31.6 Å². The van der Waals surface area contributed by atoms with Gasteiger partial charge in [0.2, 0.25) is 0 Å². The molecule has 26 heavy (non-hydrogen) atoms. The van der Waals surface area contributed by atoms with Gasteiger partial charge >= 0.3 is 0 Å². The summed E-state index contributed by atoms with van der Waals surface area (Å²) in [6.07, 6.45) is 1.94. The van der Waals surface area contributed by atoms with Gasteiger partial charge in [-0.05, 0) is 45.0 Å². The Balaban J connectivity index is 0.00000196. The molecule has 2 aromatic rings. The van der Waals surface area contributed by atoms with E-state index in [1.165, 1.54) is 12.1 Å². The molecule has 2 aliphatic heterocycles. The Kier molecular flexibility index (Phi) is 5.43. The van der Waals surface area contributed by atoms with Gasteiger partial charge in [-0.1, -0.05) is 5.21 Å². The summed E-state index contributed by atoms with van der Waals surface area (Å²) in [6, 6.07) is 4.45. The number of nitrogens with zero attached hydrogens (tertiary/aromatic N) is 4. The summed E-state index contributed by atoms with van der Waals surface area (Å²) in [7, 11) is 0. The van der Waals surface area contributed by atoms with Crippen LogP contribution in [0.5, 0.6) is 5.75 Å². The highest BCUT2D eigenvalue weighted by atomic mass is 35.5. The summed E-state index contributed by atoms with van der Waals surface area (Å²) in [4.78, 5) is 14.6. The zero-order valence-electron chi connectivity index (χ0n) is 14.4. The maximum absolute atomic E-state index is 13.4. The van der Waals surface area contributed by atoms with Crippen LogP contribution in [0, 0.1) is 12.7 Å². The topological polar surface area (TPSA) is 72.3 Å². The smallest absolute Gasteiger partial charge is 0.280 e. The van der Waals surface area contributed by atoms with Crippen molar-refractivity contribution in [3.05, 3.63) is 35.4 Å². The van der Waals surface area contributed by atoms with Gasteiger partial charge in [0.1, 0.15) is 18.2 Å². The number of carbonyl (C=O) groups excluding carboxylic acids is 1. The molecule has 0 unspecified atom stereocenters. The first-order valence-electron chi connectivity index (χ1n) is 8.52. The lowest BCUT2D eigenvalue weighted by atomic mass is 10.1. The quantitative estimate of drug-likeness (QED) is 0.862. The second kappa shape index (κ2) is 7.59. The van der Waals surface area contributed by atoms with E-state index in [1.807, 2.05) is 11.6 Å². The molecule has 0 bridgehead atoms. The first-order valence-corrected chi connectivity index (χ1v) is 8.52. The van der Waals surface area contributed by atoms with Gasteiger partial charge in [0.05, 0.1) is 24.0 Å². The van der Waals surface area contributed by atoms with Crippen LogP contribution >= 0.6 is 12.4 Å². The predicted molar refractivity (Wildman–Crippen MR) is 96.7 cm³/mol. The molecule has 0 saturated carbocycles. The molecule has 4 rings (SSSR count). The van der Waals surface area contributed by atoms with Crippen molar-refractivity contribution in [1.82, 2.24) is 20.3 Å². The number of rotatable bonds is 2. The molecule has 0 radical (unpaired) electrons. The van der Waals surface area contributed by atoms with Crippen LogP contribution in [0.25, 0.3) is 0 Å². The largest absolute Gasteiger partial charge is 0.489 e. The fourth-order valence-electron chi connectivity index (χ4n) is 3.47. The Morgan fingerprint density at radius 2 is 2.12 bits per heavy atom. The maximum atomic E-state index is 13.4. The molecule has 0 spiro atoms. The first kappa shape index (κ1) is 18.6. The molecule has 1 amide bonds. The van der Waals surface area contributed by atoms with Crippen LogP contribution in [0.4, 0.5) is 10.1 Å². The van der Waals surface area contributed by atoms with E-state index >= 15 is 0 Å². The van der Waals surface area contributed by atoms with Crippen molar-refractivity contribution in [3.8, 4) is 5.75 Å². The number of amides is 1. The summed E-state index contributed by atoms with van der Waals surface area (Å²) in [5.74, 6) is -0.238. The monoisotopic (exact) mass is 381 g/mol. The Hall–Kier alpha value is -2.19. The fraction of sp³-hybridized carbons (Fsp3) is 0.471. The van der Waals surface area contributed by atoms with Crippen LogP contribution in [0.15, 0.2) is 18.2 Å². The minimum absolute atomic E-state index is 0. The standard InChI is InChI=1S/C17H20FN5O2.ClH/c1-11-16(20-21-23(11)13-4-6-19-7-5-13)17(24)22-8-9-25-15-10-12(18)2-3-14(15)22;/h2-3,10,13,19H,4-9H2,1H3;1H. The van der Waals surface area contributed by atoms with Crippen molar-refractivity contribution in [1.29, 1.82) is 0 Å². The second-order valence-electron chi connectivity index (χ2n) is 6.37. The Morgan fingerprint density at radius 1 is 1.35 bits per heavy atom. The van der Waals surface area contributed by atoms with E-state index in [0.29, 0.717) is 30.3 Å². The van der Waals surface area contributed by atoms with Gasteiger partial charge in [-0.15, -0.1) is 17.5 Å². The van der Waals surface area contributed by atoms with E-state index in [-0.39, 0.29) is 30.2 Å². The molecule has 1 aromatic carbocycles. The number of fused-ring (bicyclic) bond motifs is 1. The van der Waals surface area contributed by atoms with Crippen molar-refractivity contribution in [2.24, 2.45) is 0 Å². The van der Waals surface area contributed by atoms with Crippen LogP contribution in [0.1, 0.15) is 35.1 Å². The predicted octanol–water partition coefficient (Wildman–Crippen LogP) is 2.11. The second-order valence-corrected chi connectivity index (χ2v) is 6.37. The van der Waals surface area contributed by atoms with Gasteiger partial charge < -0.3 is 10.1 Å². The average Bonchev–Trinajstić information content (AvgIpc) is 3.02. The third-order valence-electron chi connectivity index (χ3n) is 4.81. The number of piperidine rings is 1. The molecular formula is C17H21ClFN5O2. The SMILES string of the molecule is Cc1c(C(=O)N2CCOc3cc(F)ccc32)nnn1C1CCNCC1.Cl. The Bertz CT molecular complexity index is 806. The lowest BCUT2D eigenvalue weighted by molar-refractivity contribution is 0.0971. The highest BCUT2D eigenvalue weighted by Gasteiger charge is 2.30. The summed E-state index contributed by atoms with van der Waals surface area (Å²) in [5.41, 5.74) is 1.68. The molecule has 1 aromatic heterocycles. The van der Waals surface area contributed by atoms with Crippen molar-refractivity contribution in [2.45, 2.75) is 25.8 Å². The van der Waals surface area contributed by atoms with E-state index in [9.17, 15) is 9.18 Å². The molecule has 1 N–H and O–H groups in total. The molecule has 9 heteroatoms. The van der Waals surface area contributed by atoms with Crippen LogP contribution < -0.4 is 15.0 Å². The summed E-state index contributed by atoms with van der Waals surface area (Å²) in [6.45, 7) is 4.48. The van der Waals surface area contributed by atoms with E-state index in [1.54, 1.807) is 11.0 Å². The van der Waals surface area contributed by atoms with E-state index < -0.39 is 0 Å². The zero-order chi connectivity index (χ0) is 17.4. The fourth-order valence-corrected chi connectivity index (χ4v) is 3.47. The minimum Gasteiger partial charge on any atom is -0.489 e. The first-order chi connectivity index (χ1) is 12.1. The van der Waals surface area contributed by atoms with Crippen LogP contribution in [-0.2, 0) is 0 Å². The molecule has 2 aliphatic rings. The van der Waals surface area contributed by atoms with Crippen molar-refractivity contribution >= 4 is 24.0 Å². The number of ether oxygens (including phenoxy) is 1. The molecule has 140 valence electrons. The van der Waals surface area contributed by atoms with Crippen molar-refractivity contribution < 1.29 is 13.9 Å².